The number of hydrogen-bond acceptors (Lipinski definition) is 2. The van der Waals surface area contributed by atoms with Crippen molar-refractivity contribution in [1.29, 1.82) is 0 Å². The van der Waals surface area contributed by atoms with Gasteiger partial charge in [-0.05, 0) is 18.9 Å². The van der Waals surface area contributed by atoms with E-state index in [2.05, 4.69) is 13.8 Å². The molecule has 1 atom stereocenters. The minimum atomic E-state index is 0.290. The molecule has 0 aliphatic rings. The lowest BCUT2D eigenvalue weighted by Gasteiger charge is -2.04. The molecule has 1 aromatic rings. The molecule has 1 unspecified atom stereocenters. The molecule has 0 aliphatic carbocycles. The number of hydrogen-bond donors (Lipinski definition) is 0. The van der Waals surface area contributed by atoms with Crippen LogP contribution in [0.2, 0.25) is 0 Å². The minimum absolute atomic E-state index is 0.290. The molecular formula is C11H16OS. The summed E-state index contributed by atoms with van der Waals surface area (Å²) < 4.78 is 0. The van der Waals surface area contributed by atoms with Crippen LogP contribution in [0.15, 0.2) is 11.4 Å². The molecule has 0 aliphatic heterocycles. The zero-order valence-corrected chi connectivity index (χ0v) is 9.28. The van der Waals surface area contributed by atoms with E-state index < -0.39 is 0 Å². The third kappa shape index (κ3) is 2.96. The summed E-state index contributed by atoms with van der Waals surface area (Å²) in [4.78, 5) is 12.8. The third-order valence-corrected chi connectivity index (χ3v) is 3.14. The van der Waals surface area contributed by atoms with Gasteiger partial charge in [0.05, 0.1) is 0 Å². The summed E-state index contributed by atoms with van der Waals surface area (Å²) in [6, 6.07) is 1.98. The van der Waals surface area contributed by atoms with Gasteiger partial charge in [0.1, 0.15) is 0 Å². The number of Topliss-reactive ketones (excluding diaryl/α,β-unsaturated/α-hetero) is 1. The van der Waals surface area contributed by atoms with Gasteiger partial charge in [-0.2, -0.15) is 0 Å². The molecule has 1 nitrogen and oxygen atoms in total. The van der Waals surface area contributed by atoms with Crippen LogP contribution >= 0.6 is 11.3 Å². The molecular weight excluding hydrogens is 180 g/mol. The molecule has 0 N–H and O–H groups in total. The van der Waals surface area contributed by atoms with Crippen molar-refractivity contribution >= 4 is 17.1 Å². The molecule has 0 amide bonds. The van der Waals surface area contributed by atoms with Gasteiger partial charge in [0.25, 0.3) is 0 Å². The topological polar surface area (TPSA) is 17.1 Å². The van der Waals surface area contributed by atoms with Gasteiger partial charge in [-0.3, -0.25) is 4.79 Å². The van der Waals surface area contributed by atoms with Crippen LogP contribution in [0.3, 0.4) is 0 Å². The van der Waals surface area contributed by atoms with E-state index in [1.54, 1.807) is 11.3 Å². The van der Waals surface area contributed by atoms with Crippen LogP contribution < -0.4 is 0 Å². The maximum Gasteiger partial charge on any atom is 0.163 e. The SMILES string of the molecule is CCC(C)CC(=O)c1csc(C)c1. The summed E-state index contributed by atoms with van der Waals surface area (Å²) in [6.07, 6.45) is 1.77. The van der Waals surface area contributed by atoms with Crippen molar-refractivity contribution in [3.05, 3.63) is 21.9 Å². The number of ketones is 1. The van der Waals surface area contributed by atoms with Crippen molar-refractivity contribution < 1.29 is 4.79 Å². The molecule has 0 saturated carbocycles. The van der Waals surface area contributed by atoms with Gasteiger partial charge in [-0.15, -0.1) is 11.3 Å². The monoisotopic (exact) mass is 196 g/mol. The molecule has 0 radical (unpaired) electrons. The van der Waals surface area contributed by atoms with Crippen molar-refractivity contribution in [2.45, 2.75) is 33.6 Å². The highest BCUT2D eigenvalue weighted by Gasteiger charge is 2.10. The number of rotatable bonds is 4. The van der Waals surface area contributed by atoms with E-state index in [4.69, 9.17) is 0 Å². The summed E-state index contributed by atoms with van der Waals surface area (Å²) in [5.41, 5.74) is 0.891. The lowest BCUT2D eigenvalue weighted by Crippen LogP contribution is -2.03. The molecule has 1 rings (SSSR count). The van der Waals surface area contributed by atoms with E-state index in [9.17, 15) is 4.79 Å². The first-order valence-corrected chi connectivity index (χ1v) is 5.59. The Balaban J connectivity index is 2.58. The predicted molar refractivity (Wildman–Crippen MR) is 57.5 cm³/mol. The van der Waals surface area contributed by atoms with Gasteiger partial charge in [0.15, 0.2) is 5.78 Å². The Morgan fingerprint density at radius 1 is 1.62 bits per heavy atom. The normalized spacial score (nSPS) is 12.8. The minimum Gasteiger partial charge on any atom is -0.294 e. The summed E-state index contributed by atoms with van der Waals surface area (Å²) in [7, 11) is 0. The Labute approximate surface area is 83.8 Å². The van der Waals surface area contributed by atoms with Crippen LogP contribution in [0, 0.1) is 12.8 Å². The average Bonchev–Trinajstić information content (AvgIpc) is 2.51. The molecule has 0 spiro atoms. The van der Waals surface area contributed by atoms with Gasteiger partial charge in [-0.25, -0.2) is 0 Å². The second-order valence-electron chi connectivity index (χ2n) is 3.59. The Hall–Kier alpha value is -0.630. The standard InChI is InChI=1S/C11H16OS/c1-4-8(2)5-11(12)10-6-9(3)13-7-10/h6-8H,4-5H2,1-3H3. The largest absolute Gasteiger partial charge is 0.294 e. The van der Waals surface area contributed by atoms with Gasteiger partial charge in [-0.1, -0.05) is 20.3 Å². The van der Waals surface area contributed by atoms with E-state index in [1.807, 2.05) is 18.4 Å². The maximum atomic E-state index is 11.6. The van der Waals surface area contributed by atoms with Crippen LogP contribution in [0.1, 0.15) is 41.9 Å². The average molecular weight is 196 g/mol. The van der Waals surface area contributed by atoms with E-state index in [0.29, 0.717) is 18.1 Å². The van der Waals surface area contributed by atoms with Crippen molar-refractivity contribution in [3.8, 4) is 0 Å². The van der Waals surface area contributed by atoms with E-state index in [-0.39, 0.29) is 0 Å². The highest BCUT2D eigenvalue weighted by atomic mass is 32.1. The second-order valence-corrected chi connectivity index (χ2v) is 4.70. The molecule has 0 bridgehead atoms. The first-order chi connectivity index (χ1) is 6.13. The van der Waals surface area contributed by atoms with E-state index >= 15 is 0 Å². The fourth-order valence-corrected chi connectivity index (χ4v) is 1.88. The first-order valence-electron chi connectivity index (χ1n) is 4.71. The quantitative estimate of drug-likeness (QED) is 0.671. The predicted octanol–water partition coefficient (Wildman–Crippen LogP) is 3.68. The Bertz CT molecular complexity index is 288. The van der Waals surface area contributed by atoms with Crippen molar-refractivity contribution in [2.24, 2.45) is 5.92 Å². The van der Waals surface area contributed by atoms with Crippen molar-refractivity contribution in [3.63, 3.8) is 0 Å². The van der Waals surface area contributed by atoms with Gasteiger partial charge in [0.2, 0.25) is 0 Å². The molecule has 13 heavy (non-hydrogen) atoms. The first kappa shape index (κ1) is 10.5. The number of carbonyl (C=O) groups is 1. The van der Waals surface area contributed by atoms with Gasteiger partial charge in [0, 0.05) is 22.2 Å². The Morgan fingerprint density at radius 2 is 2.31 bits per heavy atom. The highest BCUT2D eigenvalue weighted by Crippen LogP contribution is 2.17. The summed E-state index contributed by atoms with van der Waals surface area (Å²) in [6.45, 7) is 6.28. The molecule has 1 heterocycles. The second kappa shape index (κ2) is 4.56. The third-order valence-electron chi connectivity index (χ3n) is 2.28. The molecule has 0 fully saturated rings. The van der Waals surface area contributed by atoms with Crippen LogP contribution in [-0.4, -0.2) is 5.78 Å². The molecule has 1 aromatic heterocycles. The molecule has 0 aromatic carbocycles. The van der Waals surface area contributed by atoms with E-state index in [0.717, 1.165) is 12.0 Å². The van der Waals surface area contributed by atoms with Crippen LogP contribution in [0.5, 0.6) is 0 Å². The number of thiophene rings is 1. The van der Waals surface area contributed by atoms with Gasteiger partial charge >= 0.3 is 0 Å². The number of carbonyl (C=O) groups excluding carboxylic acids is 1. The van der Waals surface area contributed by atoms with Crippen molar-refractivity contribution in [2.75, 3.05) is 0 Å². The molecule has 2 heteroatoms. The zero-order chi connectivity index (χ0) is 9.84. The highest BCUT2D eigenvalue weighted by molar-refractivity contribution is 7.10. The Morgan fingerprint density at radius 3 is 2.77 bits per heavy atom. The summed E-state index contributed by atoms with van der Waals surface area (Å²) in [5, 5.41) is 1.96. The summed E-state index contributed by atoms with van der Waals surface area (Å²) >= 11 is 1.65. The number of aryl methyl sites for hydroxylation is 1. The summed E-state index contributed by atoms with van der Waals surface area (Å²) in [5.74, 6) is 0.798. The van der Waals surface area contributed by atoms with E-state index in [1.165, 1.54) is 4.88 Å². The fraction of sp³-hybridized carbons (Fsp3) is 0.545. The zero-order valence-electron chi connectivity index (χ0n) is 8.46. The molecule has 72 valence electrons. The smallest absolute Gasteiger partial charge is 0.163 e. The lowest BCUT2D eigenvalue weighted by atomic mass is 9.99. The van der Waals surface area contributed by atoms with Crippen LogP contribution in [-0.2, 0) is 0 Å². The van der Waals surface area contributed by atoms with Crippen molar-refractivity contribution in [1.82, 2.24) is 0 Å². The fourth-order valence-electron chi connectivity index (χ4n) is 1.17. The molecule has 0 saturated heterocycles. The Kier molecular flexibility index (Phi) is 3.67. The maximum absolute atomic E-state index is 11.6. The van der Waals surface area contributed by atoms with Crippen LogP contribution in [0.25, 0.3) is 0 Å². The van der Waals surface area contributed by atoms with Gasteiger partial charge < -0.3 is 0 Å². The van der Waals surface area contributed by atoms with Crippen LogP contribution in [0.4, 0.5) is 0 Å². The lowest BCUT2D eigenvalue weighted by molar-refractivity contribution is 0.0964.